The zero-order valence-electron chi connectivity index (χ0n) is 18.5. The Labute approximate surface area is 207 Å². The molecule has 0 unspecified atom stereocenters. The molecule has 0 saturated carbocycles. The highest BCUT2D eigenvalue weighted by molar-refractivity contribution is 6.53. The number of imide groups is 1. The Morgan fingerprint density at radius 2 is 1.65 bits per heavy atom. The first kappa shape index (κ1) is 23.5. The second kappa shape index (κ2) is 9.71. The fourth-order valence-electron chi connectivity index (χ4n) is 3.70. The summed E-state index contributed by atoms with van der Waals surface area (Å²) in [7, 11) is 0. The van der Waals surface area contributed by atoms with Crippen LogP contribution in [0.25, 0.3) is 0 Å². The Hall–Kier alpha value is -3.61. The van der Waals surface area contributed by atoms with Crippen molar-refractivity contribution in [1.82, 2.24) is 0 Å². The SMILES string of the molecule is CCN(C(=O)c1ccc(NC2=C(Cl)C(=O)N(c3ccccc3Cl)C2=O)cc1)c1cccc(C)c1. The van der Waals surface area contributed by atoms with Crippen molar-refractivity contribution in [3.05, 3.63) is 99.7 Å². The molecule has 1 heterocycles. The van der Waals surface area contributed by atoms with Gasteiger partial charge in [-0.15, -0.1) is 0 Å². The van der Waals surface area contributed by atoms with Gasteiger partial charge in [0.15, 0.2) is 0 Å². The smallest absolute Gasteiger partial charge is 0.283 e. The Morgan fingerprint density at radius 1 is 0.941 bits per heavy atom. The van der Waals surface area contributed by atoms with Crippen LogP contribution in [0.4, 0.5) is 17.1 Å². The van der Waals surface area contributed by atoms with Crippen LogP contribution in [0.3, 0.4) is 0 Å². The first-order chi connectivity index (χ1) is 16.3. The minimum Gasteiger partial charge on any atom is -0.350 e. The highest BCUT2D eigenvalue weighted by Crippen LogP contribution is 2.34. The average molecular weight is 494 g/mol. The number of aryl methyl sites for hydroxylation is 1. The van der Waals surface area contributed by atoms with Gasteiger partial charge in [-0.05, 0) is 67.9 Å². The first-order valence-corrected chi connectivity index (χ1v) is 11.4. The Balaban J connectivity index is 1.53. The van der Waals surface area contributed by atoms with E-state index in [0.29, 0.717) is 17.8 Å². The lowest BCUT2D eigenvalue weighted by Gasteiger charge is -2.21. The van der Waals surface area contributed by atoms with Crippen molar-refractivity contribution in [1.29, 1.82) is 0 Å². The molecule has 0 radical (unpaired) electrons. The van der Waals surface area contributed by atoms with Gasteiger partial charge in [0.2, 0.25) is 0 Å². The van der Waals surface area contributed by atoms with Crippen molar-refractivity contribution in [3.8, 4) is 0 Å². The molecule has 3 aromatic rings. The van der Waals surface area contributed by atoms with Crippen LogP contribution in [0.5, 0.6) is 0 Å². The number of nitrogens with zero attached hydrogens (tertiary/aromatic N) is 2. The molecule has 0 fully saturated rings. The fraction of sp³-hybridized carbons (Fsp3) is 0.115. The monoisotopic (exact) mass is 493 g/mol. The van der Waals surface area contributed by atoms with Crippen LogP contribution in [0.1, 0.15) is 22.8 Å². The topological polar surface area (TPSA) is 69.7 Å². The van der Waals surface area contributed by atoms with Gasteiger partial charge in [-0.25, -0.2) is 4.90 Å². The van der Waals surface area contributed by atoms with E-state index in [9.17, 15) is 14.4 Å². The Morgan fingerprint density at radius 3 is 2.29 bits per heavy atom. The predicted octanol–water partition coefficient (Wildman–Crippen LogP) is 5.75. The molecule has 3 amide bonds. The third-order valence-corrected chi connectivity index (χ3v) is 6.07. The minimum atomic E-state index is -0.661. The number of amides is 3. The quantitative estimate of drug-likeness (QED) is 0.443. The summed E-state index contributed by atoms with van der Waals surface area (Å²) >= 11 is 12.4. The Kier molecular flexibility index (Phi) is 6.72. The molecule has 0 aliphatic carbocycles. The van der Waals surface area contributed by atoms with Crippen LogP contribution < -0.4 is 15.1 Å². The van der Waals surface area contributed by atoms with Crippen LogP contribution in [0.15, 0.2) is 83.5 Å². The third kappa shape index (κ3) is 4.42. The standard InChI is InChI=1S/C26H21Cl2N3O3/c1-3-30(19-8-6-7-16(2)15-19)24(32)17-11-13-18(14-12-17)29-23-22(28)25(33)31(26(23)34)21-10-5-4-9-20(21)27/h4-15,29H,3H2,1-2H3. The summed E-state index contributed by atoms with van der Waals surface area (Å²) in [5.74, 6) is -1.42. The van der Waals surface area contributed by atoms with E-state index in [1.165, 1.54) is 0 Å². The third-order valence-electron chi connectivity index (χ3n) is 5.40. The van der Waals surface area contributed by atoms with E-state index in [4.69, 9.17) is 23.2 Å². The second-order valence-corrected chi connectivity index (χ2v) is 8.46. The van der Waals surface area contributed by atoms with Crippen LogP contribution >= 0.6 is 23.2 Å². The van der Waals surface area contributed by atoms with Gasteiger partial charge in [0.1, 0.15) is 10.7 Å². The molecule has 1 aliphatic rings. The van der Waals surface area contributed by atoms with Gasteiger partial charge >= 0.3 is 0 Å². The number of rotatable bonds is 6. The molecule has 172 valence electrons. The van der Waals surface area contributed by atoms with Crippen LogP contribution in [-0.2, 0) is 9.59 Å². The number of hydrogen-bond donors (Lipinski definition) is 1. The molecule has 8 heteroatoms. The predicted molar refractivity (Wildman–Crippen MR) is 135 cm³/mol. The van der Waals surface area contributed by atoms with Crippen LogP contribution in [0.2, 0.25) is 5.02 Å². The van der Waals surface area contributed by atoms with Crippen molar-refractivity contribution < 1.29 is 14.4 Å². The van der Waals surface area contributed by atoms with Gasteiger partial charge in [0.05, 0.1) is 10.7 Å². The van der Waals surface area contributed by atoms with E-state index in [0.717, 1.165) is 16.2 Å². The summed E-state index contributed by atoms with van der Waals surface area (Å²) in [6, 6.07) is 20.9. The van der Waals surface area contributed by atoms with E-state index < -0.39 is 11.8 Å². The number of carbonyl (C=O) groups is 3. The van der Waals surface area contributed by atoms with Crippen molar-refractivity contribution in [2.75, 3.05) is 21.7 Å². The van der Waals surface area contributed by atoms with Gasteiger partial charge in [-0.1, -0.05) is 47.5 Å². The molecule has 1 aliphatic heterocycles. The van der Waals surface area contributed by atoms with E-state index in [2.05, 4.69) is 5.32 Å². The number of para-hydroxylation sites is 1. The zero-order chi connectivity index (χ0) is 24.4. The summed E-state index contributed by atoms with van der Waals surface area (Å²) in [6.07, 6.45) is 0. The zero-order valence-corrected chi connectivity index (χ0v) is 20.0. The summed E-state index contributed by atoms with van der Waals surface area (Å²) < 4.78 is 0. The van der Waals surface area contributed by atoms with Gasteiger partial charge in [-0.2, -0.15) is 0 Å². The molecule has 3 aromatic carbocycles. The Bertz CT molecular complexity index is 1320. The summed E-state index contributed by atoms with van der Waals surface area (Å²) in [4.78, 5) is 41.3. The molecule has 4 rings (SSSR count). The van der Waals surface area contributed by atoms with E-state index in [1.54, 1.807) is 53.4 Å². The first-order valence-electron chi connectivity index (χ1n) is 10.6. The molecule has 6 nitrogen and oxygen atoms in total. The number of anilines is 3. The number of carbonyl (C=O) groups excluding carboxylic acids is 3. The molecule has 34 heavy (non-hydrogen) atoms. The molecule has 1 N–H and O–H groups in total. The lowest BCUT2D eigenvalue weighted by molar-refractivity contribution is -0.120. The highest BCUT2D eigenvalue weighted by atomic mass is 35.5. The summed E-state index contributed by atoms with van der Waals surface area (Å²) in [5, 5.41) is 2.93. The molecular weight excluding hydrogens is 473 g/mol. The van der Waals surface area contributed by atoms with E-state index in [-0.39, 0.29) is 27.3 Å². The van der Waals surface area contributed by atoms with E-state index in [1.807, 2.05) is 38.1 Å². The van der Waals surface area contributed by atoms with Crippen LogP contribution in [0, 0.1) is 6.92 Å². The maximum atomic E-state index is 13.1. The molecular formula is C26H21Cl2N3O3. The normalized spacial score (nSPS) is 13.5. The molecule has 0 atom stereocenters. The molecule has 0 bridgehead atoms. The van der Waals surface area contributed by atoms with Crippen molar-refractivity contribution in [2.45, 2.75) is 13.8 Å². The molecule has 0 saturated heterocycles. The van der Waals surface area contributed by atoms with Gasteiger partial charge in [0.25, 0.3) is 17.7 Å². The largest absolute Gasteiger partial charge is 0.350 e. The van der Waals surface area contributed by atoms with Gasteiger partial charge < -0.3 is 10.2 Å². The van der Waals surface area contributed by atoms with Crippen molar-refractivity contribution in [3.63, 3.8) is 0 Å². The summed E-state index contributed by atoms with van der Waals surface area (Å²) in [6.45, 7) is 4.40. The lowest BCUT2D eigenvalue weighted by atomic mass is 10.1. The lowest BCUT2D eigenvalue weighted by Crippen LogP contribution is -2.32. The van der Waals surface area contributed by atoms with Crippen molar-refractivity contribution in [2.24, 2.45) is 0 Å². The fourth-order valence-corrected chi connectivity index (χ4v) is 4.13. The minimum absolute atomic E-state index is 0.0550. The second-order valence-electron chi connectivity index (χ2n) is 7.68. The van der Waals surface area contributed by atoms with Gasteiger partial charge in [-0.3, -0.25) is 14.4 Å². The van der Waals surface area contributed by atoms with Crippen molar-refractivity contribution >= 4 is 58.0 Å². The maximum Gasteiger partial charge on any atom is 0.283 e. The summed E-state index contributed by atoms with van der Waals surface area (Å²) in [5.41, 5.74) is 3.08. The number of nitrogens with one attached hydrogen (secondary N) is 1. The number of hydrogen-bond acceptors (Lipinski definition) is 4. The maximum absolute atomic E-state index is 13.1. The average Bonchev–Trinajstić information content (AvgIpc) is 3.03. The van der Waals surface area contributed by atoms with E-state index >= 15 is 0 Å². The van der Waals surface area contributed by atoms with Gasteiger partial charge in [0, 0.05) is 23.5 Å². The highest BCUT2D eigenvalue weighted by Gasteiger charge is 2.39. The molecule has 0 aromatic heterocycles. The number of benzene rings is 3. The molecule has 0 spiro atoms. The number of halogens is 2. The van der Waals surface area contributed by atoms with Crippen LogP contribution in [-0.4, -0.2) is 24.3 Å².